The van der Waals surface area contributed by atoms with Crippen molar-refractivity contribution in [3.05, 3.63) is 29.3 Å². The van der Waals surface area contributed by atoms with Crippen molar-refractivity contribution in [1.29, 1.82) is 0 Å². The van der Waals surface area contributed by atoms with Gasteiger partial charge in [-0.1, -0.05) is 38.3 Å². The molecular weight excluding hydrogens is 434 g/mol. The summed E-state index contributed by atoms with van der Waals surface area (Å²) in [5.41, 5.74) is 2.34. The molecule has 3 rings (SSSR count). The standard InChI is InChI=1S/C27H43NO6/c1-2-3-4-7-21(31)9-10-22-23-15-19-6-5-8-26(24(19)16-20(23)17-25(22)32)34-18-27(33)28(11-13-29)12-14-30/h5-6,8,20-23,25,29-32H,2-4,7,9-18H2,1H3/t20-,21-,22+,23-,25+/m0/s1. The number of fused-ring (bicyclic) bond motifs is 2. The van der Waals surface area contributed by atoms with Crippen LogP contribution in [0.15, 0.2) is 18.2 Å². The molecule has 34 heavy (non-hydrogen) atoms. The molecule has 0 heterocycles. The summed E-state index contributed by atoms with van der Waals surface area (Å²) in [5, 5.41) is 39.5. The average Bonchev–Trinajstić information content (AvgIpc) is 3.13. The van der Waals surface area contributed by atoms with Gasteiger partial charge in [-0.3, -0.25) is 4.79 Å². The predicted octanol–water partition coefficient (Wildman–Crippen LogP) is 2.31. The first-order valence-corrected chi connectivity index (χ1v) is 13.1. The zero-order valence-electron chi connectivity index (χ0n) is 20.6. The molecule has 2 aliphatic rings. The van der Waals surface area contributed by atoms with Gasteiger partial charge in [0, 0.05) is 13.1 Å². The SMILES string of the molecule is CCCCC[C@H](O)CC[C@@H]1[C@H]2Cc3cccc(OCC(=O)N(CCO)CCO)c3C[C@H]2C[C@H]1O. The topological polar surface area (TPSA) is 110 Å². The number of rotatable bonds is 14. The van der Waals surface area contributed by atoms with E-state index >= 15 is 0 Å². The van der Waals surface area contributed by atoms with Gasteiger partial charge < -0.3 is 30.1 Å². The van der Waals surface area contributed by atoms with Crippen LogP contribution in [0.25, 0.3) is 0 Å². The molecular formula is C27H43NO6. The number of hydrogen-bond acceptors (Lipinski definition) is 6. The summed E-state index contributed by atoms with van der Waals surface area (Å²) in [6.45, 7) is 2.06. The summed E-state index contributed by atoms with van der Waals surface area (Å²) in [7, 11) is 0. The van der Waals surface area contributed by atoms with Gasteiger partial charge in [0.25, 0.3) is 5.91 Å². The molecule has 0 aromatic heterocycles. The minimum Gasteiger partial charge on any atom is -0.483 e. The second-order valence-electron chi connectivity index (χ2n) is 10.0. The Kier molecular flexibility index (Phi) is 10.6. The van der Waals surface area contributed by atoms with Crippen LogP contribution < -0.4 is 4.74 Å². The first kappa shape index (κ1) is 26.9. The maximum Gasteiger partial charge on any atom is 0.260 e. The van der Waals surface area contributed by atoms with E-state index in [1.54, 1.807) is 0 Å². The highest BCUT2D eigenvalue weighted by molar-refractivity contribution is 5.77. The van der Waals surface area contributed by atoms with Crippen molar-refractivity contribution in [3.63, 3.8) is 0 Å². The Labute approximate surface area is 203 Å². The number of amides is 1. The van der Waals surface area contributed by atoms with Crippen LogP contribution in [0.4, 0.5) is 0 Å². The van der Waals surface area contributed by atoms with E-state index in [0.717, 1.165) is 63.4 Å². The number of hydrogen-bond donors (Lipinski definition) is 4. The highest BCUT2D eigenvalue weighted by Gasteiger charge is 2.44. The number of carbonyl (C=O) groups excluding carboxylic acids is 1. The molecule has 7 nitrogen and oxygen atoms in total. The molecule has 1 saturated carbocycles. The highest BCUT2D eigenvalue weighted by atomic mass is 16.5. The average molecular weight is 478 g/mol. The molecule has 0 aliphatic heterocycles. The van der Waals surface area contributed by atoms with E-state index in [-0.39, 0.29) is 56.9 Å². The Morgan fingerprint density at radius 3 is 2.62 bits per heavy atom. The summed E-state index contributed by atoms with van der Waals surface area (Å²) in [6, 6.07) is 5.96. The molecule has 0 unspecified atom stereocenters. The van der Waals surface area contributed by atoms with Crippen molar-refractivity contribution < 1.29 is 30.0 Å². The molecule has 0 radical (unpaired) electrons. The lowest BCUT2D eigenvalue weighted by molar-refractivity contribution is -0.134. The van der Waals surface area contributed by atoms with E-state index in [1.165, 1.54) is 10.5 Å². The highest BCUT2D eigenvalue weighted by Crippen LogP contribution is 2.48. The normalized spacial score (nSPS) is 24.4. The van der Waals surface area contributed by atoms with Gasteiger partial charge >= 0.3 is 0 Å². The van der Waals surface area contributed by atoms with Crippen molar-refractivity contribution in [2.24, 2.45) is 17.8 Å². The molecule has 0 bridgehead atoms. The number of unbranched alkanes of at least 4 members (excludes halogenated alkanes) is 2. The molecule has 1 aromatic carbocycles. The summed E-state index contributed by atoms with van der Waals surface area (Å²) in [4.78, 5) is 13.9. The van der Waals surface area contributed by atoms with Crippen molar-refractivity contribution in [2.45, 2.75) is 76.9 Å². The lowest BCUT2D eigenvalue weighted by atomic mass is 9.73. The smallest absolute Gasteiger partial charge is 0.260 e. The molecule has 192 valence electrons. The number of carbonyl (C=O) groups is 1. The fourth-order valence-electron chi connectivity index (χ4n) is 5.93. The van der Waals surface area contributed by atoms with Gasteiger partial charge in [0.15, 0.2) is 6.61 Å². The summed E-state index contributed by atoms with van der Waals surface area (Å²) in [6.07, 6.45) is 7.72. The Hall–Kier alpha value is -1.67. The molecule has 0 spiro atoms. The second kappa shape index (κ2) is 13.4. The molecule has 1 fully saturated rings. The Morgan fingerprint density at radius 1 is 1.15 bits per heavy atom. The molecule has 0 saturated heterocycles. The van der Waals surface area contributed by atoms with E-state index in [0.29, 0.717) is 17.6 Å². The largest absolute Gasteiger partial charge is 0.483 e. The molecule has 2 aliphatic carbocycles. The van der Waals surface area contributed by atoms with Crippen LogP contribution in [0.3, 0.4) is 0 Å². The summed E-state index contributed by atoms with van der Waals surface area (Å²) in [5.74, 6) is 1.46. The van der Waals surface area contributed by atoms with E-state index < -0.39 is 0 Å². The third-order valence-electron chi connectivity index (χ3n) is 7.76. The van der Waals surface area contributed by atoms with Gasteiger partial charge in [-0.05, 0) is 73.5 Å². The lowest BCUT2D eigenvalue weighted by Gasteiger charge is -2.32. The minimum absolute atomic E-state index is 0.133. The molecule has 5 atom stereocenters. The summed E-state index contributed by atoms with van der Waals surface area (Å²) < 4.78 is 5.92. The summed E-state index contributed by atoms with van der Waals surface area (Å²) >= 11 is 0. The minimum atomic E-state index is -0.330. The van der Waals surface area contributed by atoms with Gasteiger partial charge in [-0.2, -0.15) is 0 Å². The Bertz CT molecular complexity index is 765. The third-order valence-corrected chi connectivity index (χ3v) is 7.76. The number of nitrogens with zero attached hydrogens (tertiary/aromatic N) is 1. The van der Waals surface area contributed by atoms with Gasteiger partial charge in [-0.15, -0.1) is 0 Å². The van der Waals surface area contributed by atoms with Crippen LogP contribution in [0.1, 0.15) is 63.0 Å². The molecule has 7 heteroatoms. The van der Waals surface area contributed by atoms with E-state index in [1.807, 2.05) is 12.1 Å². The third kappa shape index (κ3) is 6.94. The number of benzene rings is 1. The van der Waals surface area contributed by atoms with Crippen LogP contribution in [-0.2, 0) is 17.6 Å². The van der Waals surface area contributed by atoms with Gasteiger partial charge in [-0.25, -0.2) is 0 Å². The van der Waals surface area contributed by atoms with Crippen LogP contribution in [0.5, 0.6) is 5.75 Å². The van der Waals surface area contributed by atoms with E-state index in [2.05, 4.69) is 13.0 Å². The number of ether oxygens (including phenoxy) is 1. The van der Waals surface area contributed by atoms with Gasteiger partial charge in [0.2, 0.25) is 0 Å². The Morgan fingerprint density at radius 2 is 1.91 bits per heavy atom. The maximum absolute atomic E-state index is 12.5. The van der Waals surface area contributed by atoms with Gasteiger partial charge in [0.05, 0.1) is 25.4 Å². The Balaban J connectivity index is 1.60. The van der Waals surface area contributed by atoms with Crippen molar-refractivity contribution in [3.8, 4) is 5.75 Å². The van der Waals surface area contributed by atoms with Crippen LogP contribution in [0, 0.1) is 17.8 Å². The van der Waals surface area contributed by atoms with E-state index in [4.69, 9.17) is 14.9 Å². The van der Waals surface area contributed by atoms with Crippen molar-refractivity contribution in [1.82, 2.24) is 4.90 Å². The van der Waals surface area contributed by atoms with Crippen molar-refractivity contribution >= 4 is 5.91 Å². The lowest BCUT2D eigenvalue weighted by Crippen LogP contribution is -2.39. The predicted molar refractivity (Wildman–Crippen MR) is 131 cm³/mol. The molecule has 1 amide bonds. The van der Waals surface area contributed by atoms with Crippen LogP contribution in [0.2, 0.25) is 0 Å². The molecule has 1 aromatic rings. The second-order valence-corrected chi connectivity index (χ2v) is 10.0. The van der Waals surface area contributed by atoms with Crippen molar-refractivity contribution in [2.75, 3.05) is 32.9 Å². The fourth-order valence-corrected chi connectivity index (χ4v) is 5.93. The zero-order chi connectivity index (χ0) is 24.5. The van der Waals surface area contributed by atoms with Crippen LogP contribution in [-0.4, -0.2) is 76.4 Å². The quantitative estimate of drug-likeness (QED) is 0.306. The monoisotopic (exact) mass is 477 g/mol. The first-order valence-electron chi connectivity index (χ1n) is 13.1. The van der Waals surface area contributed by atoms with Gasteiger partial charge in [0.1, 0.15) is 5.75 Å². The molecule has 4 N–H and O–H groups in total. The number of aliphatic hydroxyl groups is 4. The van der Waals surface area contributed by atoms with E-state index in [9.17, 15) is 15.0 Å². The fraction of sp³-hybridized carbons (Fsp3) is 0.741. The number of aliphatic hydroxyl groups excluding tert-OH is 4. The zero-order valence-corrected chi connectivity index (χ0v) is 20.6. The maximum atomic E-state index is 12.5. The van der Waals surface area contributed by atoms with Crippen LogP contribution >= 0.6 is 0 Å². The first-order chi connectivity index (χ1) is 16.5.